The zero-order chi connectivity index (χ0) is 26.6. The summed E-state index contributed by atoms with van der Waals surface area (Å²) in [6, 6.07) is 15.5. The lowest BCUT2D eigenvalue weighted by atomic mass is 9.95. The highest BCUT2D eigenvalue weighted by Gasteiger charge is 2.35. The first-order valence-electron chi connectivity index (χ1n) is 11.6. The van der Waals surface area contributed by atoms with Crippen molar-refractivity contribution in [3.63, 3.8) is 0 Å². The third-order valence-corrected chi connectivity index (χ3v) is 5.91. The van der Waals surface area contributed by atoms with E-state index in [0.29, 0.717) is 29.2 Å². The maximum absolute atomic E-state index is 14.3. The van der Waals surface area contributed by atoms with E-state index >= 15 is 0 Å². The maximum Gasteiger partial charge on any atom is 0.417 e. The van der Waals surface area contributed by atoms with Gasteiger partial charge in [-0.3, -0.25) is 9.78 Å². The summed E-state index contributed by atoms with van der Waals surface area (Å²) < 4.78 is 42.9. The Kier molecular flexibility index (Phi) is 7.51. The van der Waals surface area contributed by atoms with Crippen LogP contribution in [0.2, 0.25) is 0 Å². The first kappa shape index (κ1) is 25.8. The molecule has 2 aromatic heterocycles. The Morgan fingerprint density at radius 2 is 1.84 bits per heavy atom. The number of aromatic amines is 1. The number of H-pyrrole nitrogens is 1. The topological polar surface area (TPSA) is 114 Å². The van der Waals surface area contributed by atoms with Crippen LogP contribution < -0.4 is 10.6 Å². The minimum atomic E-state index is -4.59. The molecule has 0 aliphatic carbocycles. The van der Waals surface area contributed by atoms with Crippen LogP contribution in [0.15, 0.2) is 66.9 Å². The summed E-state index contributed by atoms with van der Waals surface area (Å²) in [5.74, 6) is -0.140. The third-order valence-electron chi connectivity index (χ3n) is 5.91. The number of alkyl halides is 3. The van der Waals surface area contributed by atoms with Crippen LogP contribution in [0.5, 0.6) is 0 Å². The van der Waals surface area contributed by atoms with Gasteiger partial charge < -0.3 is 10.6 Å². The van der Waals surface area contributed by atoms with Gasteiger partial charge >= 0.3 is 6.18 Å². The second kappa shape index (κ2) is 10.8. The molecule has 2 aromatic carbocycles. The molecule has 37 heavy (non-hydrogen) atoms. The fourth-order valence-electron chi connectivity index (χ4n) is 4.20. The number of benzene rings is 2. The van der Waals surface area contributed by atoms with E-state index in [-0.39, 0.29) is 23.6 Å². The number of carbonyl (C=O) groups is 1. The molecule has 1 amide bonds. The molecule has 0 aliphatic rings. The van der Waals surface area contributed by atoms with Gasteiger partial charge in [-0.25, -0.2) is 0 Å². The summed E-state index contributed by atoms with van der Waals surface area (Å²) >= 11 is 0. The molecule has 2 heterocycles. The monoisotopic (exact) mass is 509 g/mol. The van der Waals surface area contributed by atoms with E-state index in [9.17, 15) is 18.0 Å². The number of tetrazole rings is 1. The lowest BCUT2D eigenvalue weighted by Crippen LogP contribution is -2.31. The van der Waals surface area contributed by atoms with Crippen molar-refractivity contribution in [3.05, 3.63) is 89.5 Å². The lowest BCUT2D eigenvalue weighted by Gasteiger charge is -2.34. The zero-order valence-corrected chi connectivity index (χ0v) is 20.3. The first-order valence-corrected chi connectivity index (χ1v) is 11.6. The number of anilines is 1. The number of pyridine rings is 1. The Morgan fingerprint density at radius 3 is 2.41 bits per heavy atom. The molecule has 3 N–H and O–H groups in total. The van der Waals surface area contributed by atoms with Gasteiger partial charge in [-0.1, -0.05) is 55.5 Å². The highest BCUT2D eigenvalue weighted by atomic mass is 19.4. The van der Waals surface area contributed by atoms with Crippen LogP contribution in [0.3, 0.4) is 0 Å². The fraction of sp³-hybridized carbons (Fsp3) is 0.269. The summed E-state index contributed by atoms with van der Waals surface area (Å²) in [7, 11) is 0. The average molecular weight is 510 g/mol. The molecule has 0 saturated heterocycles. The summed E-state index contributed by atoms with van der Waals surface area (Å²) in [6.45, 7) is 4.10. The Labute approximate surface area is 211 Å². The Bertz CT molecular complexity index is 1320. The molecule has 1 unspecified atom stereocenters. The minimum Gasteiger partial charge on any atom is -0.366 e. The van der Waals surface area contributed by atoms with Gasteiger partial charge in [-0.2, -0.15) is 18.4 Å². The normalized spacial score (nSPS) is 12.5. The van der Waals surface area contributed by atoms with Crippen molar-refractivity contribution in [1.82, 2.24) is 25.6 Å². The van der Waals surface area contributed by atoms with E-state index in [1.165, 1.54) is 12.3 Å². The van der Waals surface area contributed by atoms with Crippen molar-refractivity contribution in [2.45, 2.75) is 39.0 Å². The molecule has 4 rings (SSSR count). The SMILES string of the molecule is CC(C)CC(c1ccc(C(N)=O)cn1)N(Cc1nn[nH]n1)c1ccc(-c2ccccc2)c(C(F)(F)F)c1. The van der Waals surface area contributed by atoms with Crippen LogP contribution in [0.25, 0.3) is 11.1 Å². The van der Waals surface area contributed by atoms with E-state index in [4.69, 9.17) is 5.73 Å². The highest BCUT2D eigenvalue weighted by Crippen LogP contribution is 2.41. The predicted octanol–water partition coefficient (Wildman–Crippen LogP) is 5.17. The molecular weight excluding hydrogens is 483 g/mol. The van der Waals surface area contributed by atoms with Gasteiger partial charge in [-0.05, 0) is 47.7 Å². The highest BCUT2D eigenvalue weighted by molar-refractivity contribution is 5.92. The number of amides is 1. The van der Waals surface area contributed by atoms with Gasteiger partial charge in [0, 0.05) is 11.9 Å². The molecule has 0 radical (unpaired) electrons. The second-order valence-electron chi connectivity index (χ2n) is 9.03. The number of nitrogens with one attached hydrogen (secondary N) is 1. The fourth-order valence-corrected chi connectivity index (χ4v) is 4.20. The van der Waals surface area contributed by atoms with Crippen LogP contribution in [-0.4, -0.2) is 31.5 Å². The van der Waals surface area contributed by atoms with Crippen LogP contribution in [-0.2, 0) is 12.7 Å². The van der Waals surface area contributed by atoms with Crippen molar-refractivity contribution in [3.8, 4) is 11.1 Å². The van der Waals surface area contributed by atoms with Crippen molar-refractivity contribution in [2.24, 2.45) is 11.7 Å². The van der Waals surface area contributed by atoms with E-state index < -0.39 is 23.7 Å². The molecule has 0 bridgehead atoms. The Morgan fingerprint density at radius 1 is 1.08 bits per heavy atom. The second-order valence-corrected chi connectivity index (χ2v) is 9.03. The smallest absolute Gasteiger partial charge is 0.366 e. The number of rotatable bonds is 9. The van der Waals surface area contributed by atoms with E-state index in [0.717, 1.165) is 6.07 Å². The molecule has 4 aromatic rings. The molecule has 0 aliphatic heterocycles. The number of carbonyl (C=O) groups excluding carboxylic acids is 1. The van der Waals surface area contributed by atoms with E-state index in [1.54, 1.807) is 53.4 Å². The van der Waals surface area contributed by atoms with Gasteiger partial charge in [-0.15, -0.1) is 10.2 Å². The van der Waals surface area contributed by atoms with Crippen molar-refractivity contribution < 1.29 is 18.0 Å². The average Bonchev–Trinajstić information content (AvgIpc) is 3.39. The molecule has 1 atom stereocenters. The molecular formula is C26H26F3N7O. The van der Waals surface area contributed by atoms with E-state index in [2.05, 4.69) is 25.6 Å². The van der Waals surface area contributed by atoms with Gasteiger partial charge in [0.15, 0.2) is 5.82 Å². The number of nitrogens with zero attached hydrogens (tertiary/aromatic N) is 5. The Hall–Kier alpha value is -4.28. The summed E-state index contributed by atoms with van der Waals surface area (Å²) in [5, 5.41) is 14.0. The quantitative estimate of drug-likeness (QED) is 0.322. The Balaban J connectivity index is 1.85. The molecule has 0 saturated carbocycles. The van der Waals surface area contributed by atoms with Crippen molar-refractivity contribution in [1.29, 1.82) is 0 Å². The number of hydrogen-bond acceptors (Lipinski definition) is 6. The summed E-state index contributed by atoms with van der Waals surface area (Å²) in [4.78, 5) is 17.8. The van der Waals surface area contributed by atoms with Crippen LogP contribution in [0.1, 0.15) is 53.7 Å². The van der Waals surface area contributed by atoms with Crippen LogP contribution in [0.4, 0.5) is 18.9 Å². The number of aromatic nitrogens is 5. The molecule has 8 nitrogen and oxygen atoms in total. The number of hydrogen-bond donors (Lipinski definition) is 2. The number of halogens is 3. The molecule has 192 valence electrons. The number of primary amides is 1. The standard InChI is InChI=1S/C26H26F3N7O/c1-16(2)12-23(22-11-8-18(14-31-22)25(30)37)36(15-24-32-34-35-33-24)19-9-10-20(17-6-4-3-5-7-17)21(13-19)26(27,28)29/h3-11,13-14,16,23H,12,15H2,1-2H3,(H2,30,37)(H,32,33,34,35). The minimum absolute atomic E-state index is 0.0785. The number of nitrogens with two attached hydrogens (primary N) is 1. The van der Waals surface area contributed by atoms with Gasteiger partial charge in [0.05, 0.1) is 29.4 Å². The predicted molar refractivity (Wildman–Crippen MR) is 132 cm³/mol. The van der Waals surface area contributed by atoms with Crippen molar-refractivity contribution >= 4 is 11.6 Å². The van der Waals surface area contributed by atoms with Gasteiger partial charge in [0.25, 0.3) is 0 Å². The molecule has 0 fully saturated rings. The third kappa shape index (κ3) is 6.11. The van der Waals surface area contributed by atoms with Gasteiger partial charge in [0.2, 0.25) is 5.91 Å². The van der Waals surface area contributed by atoms with Crippen molar-refractivity contribution in [2.75, 3.05) is 4.90 Å². The van der Waals surface area contributed by atoms with Crippen LogP contribution >= 0.6 is 0 Å². The first-order chi connectivity index (χ1) is 17.6. The largest absolute Gasteiger partial charge is 0.417 e. The summed E-state index contributed by atoms with van der Waals surface area (Å²) in [6.07, 6.45) is -2.66. The lowest BCUT2D eigenvalue weighted by molar-refractivity contribution is -0.137. The zero-order valence-electron chi connectivity index (χ0n) is 20.3. The van der Waals surface area contributed by atoms with Gasteiger partial charge in [0.1, 0.15) is 0 Å². The van der Waals surface area contributed by atoms with E-state index in [1.807, 2.05) is 13.8 Å². The summed E-state index contributed by atoms with van der Waals surface area (Å²) in [5.41, 5.74) is 6.29. The maximum atomic E-state index is 14.3. The van der Waals surface area contributed by atoms with Crippen LogP contribution in [0, 0.1) is 5.92 Å². The molecule has 11 heteroatoms. The molecule has 0 spiro atoms.